The number of rotatable bonds is 3. The lowest BCUT2D eigenvalue weighted by molar-refractivity contribution is 0.0695. The second-order valence-electron chi connectivity index (χ2n) is 3.77. The molecule has 6 heteroatoms. The fourth-order valence-electron chi connectivity index (χ4n) is 1.56. The Balaban J connectivity index is 2.41. The fraction of sp³-hybridized carbons (Fsp3) is 0. The maximum Gasteiger partial charge on any atom is 0.336 e. The summed E-state index contributed by atoms with van der Waals surface area (Å²) in [7, 11) is 0. The van der Waals surface area contributed by atoms with E-state index >= 15 is 0 Å². The number of nitriles is 1. The fourth-order valence-corrected chi connectivity index (χ4v) is 3.53. The number of halogens is 2. The molecule has 0 aliphatic carbocycles. The number of aromatic carboxylic acids is 1. The third-order valence-electron chi connectivity index (χ3n) is 2.48. The van der Waals surface area contributed by atoms with Gasteiger partial charge in [0.15, 0.2) is 0 Å². The normalized spacial score (nSPS) is 10.1. The number of carboxylic acids is 1. The van der Waals surface area contributed by atoms with Crippen molar-refractivity contribution in [1.29, 1.82) is 5.26 Å². The zero-order valence-corrected chi connectivity index (χ0v) is 13.9. The van der Waals surface area contributed by atoms with E-state index in [0.717, 1.165) is 14.3 Å². The van der Waals surface area contributed by atoms with E-state index in [1.165, 1.54) is 11.8 Å². The van der Waals surface area contributed by atoms with Gasteiger partial charge in [-0.1, -0.05) is 17.8 Å². The quantitative estimate of drug-likeness (QED) is 0.775. The highest BCUT2D eigenvalue weighted by atomic mass is 79.9. The first-order valence-corrected chi connectivity index (χ1v) is 7.82. The van der Waals surface area contributed by atoms with E-state index in [1.807, 2.05) is 18.2 Å². The summed E-state index contributed by atoms with van der Waals surface area (Å²) >= 11 is 7.90. The molecular formula is C14H7Br2NO2S. The predicted octanol–water partition coefficient (Wildman–Crippen LogP) is 4.93. The maximum atomic E-state index is 11.1. The van der Waals surface area contributed by atoms with Gasteiger partial charge in [-0.3, -0.25) is 0 Å². The largest absolute Gasteiger partial charge is 0.478 e. The summed E-state index contributed by atoms with van der Waals surface area (Å²) in [6.07, 6.45) is 0. The van der Waals surface area contributed by atoms with Crippen molar-refractivity contribution in [2.24, 2.45) is 0 Å². The van der Waals surface area contributed by atoms with Crippen LogP contribution in [0.2, 0.25) is 0 Å². The Hall–Kier alpha value is -1.29. The molecule has 0 bridgehead atoms. The number of hydrogen-bond acceptors (Lipinski definition) is 3. The van der Waals surface area contributed by atoms with Gasteiger partial charge in [0, 0.05) is 18.7 Å². The highest BCUT2D eigenvalue weighted by Crippen LogP contribution is 2.35. The average Bonchev–Trinajstić information content (AvgIpc) is 2.41. The molecule has 100 valence electrons. The number of benzene rings is 2. The predicted molar refractivity (Wildman–Crippen MR) is 84.1 cm³/mol. The van der Waals surface area contributed by atoms with E-state index in [0.29, 0.717) is 10.0 Å². The van der Waals surface area contributed by atoms with Gasteiger partial charge in [-0.05, 0) is 62.2 Å². The lowest BCUT2D eigenvalue weighted by atomic mass is 10.2. The molecule has 2 rings (SSSR count). The summed E-state index contributed by atoms with van der Waals surface area (Å²) < 4.78 is 1.25. The number of nitrogens with zero attached hydrogens (tertiary/aromatic N) is 1. The van der Waals surface area contributed by atoms with Gasteiger partial charge in [-0.25, -0.2) is 4.79 Å². The van der Waals surface area contributed by atoms with Crippen molar-refractivity contribution in [2.75, 3.05) is 0 Å². The SMILES string of the molecule is N#Cc1c(Br)cccc1Sc1ccc(Br)c(C(=O)O)c1. The first-order chi connectivity index (χ1) is 9.52. The van der Waals surface area contributed by atoms with Crippen LogP contribution in [-0.2, 0) is 0 Å². The van der Waals surface area contributed by atoms with Crippen LogP contribution in [0.5, 0.6) is 0 Å². The number of carbonyl (C=O) groups is 1. The van der Waals surface area contributed by atoms with Crippen LogP contribution >= 0.6 is 43.6 Å². The molecule has 0 aromatic heterocycles. The smallest absolute Gasteiger partial charge is 0.336 e. The van der Waals surface area contributed by atoms with Crippen LogP contribution in [0.3, 0.4) is 0 Å². The minimum atomic E-state index is -0.992. The van der Waals surface area contributed by atoms with Gasteiger partial charge in [0.25, 0.3) is 0 Å². The van der Waals surface area contributed by atoms with Crippen molar-refractivity contribution < 1.29 is 9.90 Å². The minimum Gasteiger partial charge on any atom is -0.478 e. The first kappa shape index (κ1) is 15.1. The van der Waals surface area contributed by atoms with Crippen LogP contribution in [0.25, 0.3) is 0 Å². The zero-order chi connectivity index (χ0) is 14.7. The van der Waals surface area contributed by atoms with Gasteiger partial charge in [-0.15, -0.1) is 0 Å². The summed E-state index contributed by atoms with van der Waals surface area (Å²) in [5.41, 5.74) is 0.737. The molecule has 20 heavy (non-hydrogen) atoms. The molecule has 0 spiro atoms. The Bertz CT molecular complexity index is 726. The lowest BCUT2D eigenvalue weighted by Crippen LogP contribution is -1.97. The Kier molecular flexibility index (Phi) is 4.86. The van der Waals surface area contributed by atoms with Crippen molar-refractivity contribution >= 4 is 49.6 Å². The van der Waals surface area contributed by atoms with Gasteiger partial charge in [0.1, 0.15) is 6.07 Å². The van der Waals surface area contributed by atoms with Crippen molar-refractivity contribution in [3.8, 4) is 6.07 Å². The highest BCUT2D eigenvalue weighted by Gasteiger charge is 2.12. The molecule has 2 aromatic carbocycles. The number of carboxylic acid groups (broad SMARTS) is 1. The summed E-state index contributed by atoms with van der Waals surface area (Å²) in [5.74, 6) is -0.992. The van der Waals surface area contributed by atoms with Crippen molar-refractivity contribution in [2.45, 2.75) is 9.79 Å². The van der Waals surface area contributed by atoms with E-state index in [2.05, 4.69) is 37.9 Å². The average molecular weight is 413 g/mol. The molecule has 0 saturated heterocycles. The van der Waals surface area contributed by atoms with Crippen LogP contribution in [0.15, 0.2) is 55.1 Å². The second kappa shape index (κ2) is 6.44. The van der Waals surface area contributed by atoms with Gasteiger partial charge >= 0.3 is 5.97 Å². The Morgan fingerprint density at radius 2 is 1.95 bits per heavy atom. The molecule has 0 aliphatic heterocycles. The summed E-state index contributed by atoms with van der Waals surface area (Å²) in [6.45, 7) is 0. The molecule has 0 radical (unpaired) electrons. The highest BCUT2D eigenvalue weighted by molar-refractivity contribution is 9.10. The van der Waals surface area contributed by atoms with E-state index in [1.54, 1.807) is 18.2 Å². The van der Waals surface area contributed by atoms with E-state index in [9.17, 15) is 4.79 Å². The topological polar surface area (TPSA) is 61.1 Å². The standard InChI is InChI=1S/C14H7Br2NO2S/c15-11-2-1-3-13(10(11)7-17)20-8-4-5-12(16)9(6-8)14(18)19/h1-6H,(H,18,19). The van der Waals surface area contributed by atoms with Crippen LogP contribution in [-0.4, -0.2) is 11.1 Å². The Labute approximate surface area is 136 Å². The Morgan fingerprint density at radius 1 is 1.20 bits per heavy atom. The third kappa shape index (κ3) is 3.23. The van der Waals surface area contributed by atoms with E-state index in [4.69, 9.17) is 10.4 Å². The molecule has 3 nitrogen and oxygen atoms in total. The lowest BCUT2D eigenvalue weighted by Gasteiger charge is -2.07. The number of hydrogen-bond donors (Lipinski definition) is 1. The van der Waals surface area contributed by atoms with Gasteiger partial charge < -0.3 is 5.11 Å². The van der Waals surface area contributed by atoms with Crippen molar-refractivity contribution in [1.82, 2.24) is 0 Å². The zero-order valence-electron chi connectivity index (χ0n) is 9.93. The molecule has 2 aromatic rings. The molecule has 0 fully saturated rings. The van der Waals surface area contributed by atoms with Crippen LogP contribution in [0.1, 0.15) is 15.9 Å². The molecule has 0 amide bonds. The Morgan fingerprint density at radius 3 is 2.60 bits per heavy atom. The summed E-state index contributed by atoms with van der Waals surface area (Å²) in [6, 6.07) is 12.7. The molecule has 0 saturated carbocycles. The monoisotopic (exact) mass is 411 g/mol. The van der Waals surface area contributed by atoms with Crippen LogP contribution in [0.4, 0.5) is 0 Å². The van der Waals surface area contributed by atoms with Crippen molar-refractivity contribution in [3.63, 3.8) is 0 Å². The minimum absolute atomic E-state index is 0.198. The van der Waals surface area contributed by atoms with Gasteiger partial charge in [-0.2, -0.15) is 5.26 Å². The molecule has 0 unspecified atom stereocenters. The third-order valence-corrected chi connectivity index (χ3v) is 4.89. The molecule has 0 atom stereocenters. The summed E-state index contributed by atoms with van der Waals surface area (Å²) in [5, 5.41) is 18.3. The maximum absolute atomic E-state index is 11.1. The van der Waals surface area contributed by atoms with Gasteiger partial charge in [0.05, 0.1) is 11.1 Å². The van der Waals surface area contributed by atoms with E-state index in [-0.39, 0.29) is 5.56 Å². The van der Waals surface area contributed by atoms with E-state index < -0.39 is 5.97 Å². The molecule has 0 heterocycles. The summed E-state index contributed by atoms with van der Waals surface area (Å²) in [4.78, 5) is 12.6. The second-order valence-corrected chi connectivity index (χ2v) is 6.60. The van der Waals surface area contributed by atoms with Crippen LogP contribution in [0, 0.1) is 11.3 Å². The first-order valence-electron chi connectivity index (χ1n) is 5.42. The van der Waals surface area contributed by atoms with Crippen molar-refractivity contribution in [3.05, 3.63) is 56.5 Å². The molecular weight excluding hydrogens is 406 g/mol. The van der Waals surface area contributed by atoms with Gasteiger partial charge in [0.2, 0.25) is 0 Å². The van der Waals surface area contributed by atoms with Crippen LogP contribution < -0.4 is 0 Å². The molecule has 1 N–H and O–H groups in total. The molecule has 0 aliphatic rings.